The molecule has 0 saturated carbocycles. The van der Waals surface area contributed by atoms with E-state index < -0.39 is 11.7 Å². The van der Waals surface area contributed by atoms with Crippen molar-refractivity contribution >= 4 is 29.6 Å². The number of halogens is 1. The number of nitrogens with zero attached hydrogens (tertiary/aromatic N) is 1. The molecule has 5 nitrogen and oxygen atoms in total. The van der Waals surface area contributed by atoms with Crippen LogP contribution < -0.4 is 5.32 Å². The topological polar surface area (TPSA) is 70.9 Å². The van der Waals surface area contributed by atoms with Crippen molar-refractivity contribution in [3.05, 3.63) is 64.7 Å². The number of aliphatic hydroxyl groups is 1. The molecule has 0 aromatic heterocycles. The van der Waals surface area contributed by atoms with Crippen molar-refractivity contribution in [2.75, 3.05) is 5.32 Å². The lowest BCUT2D eigenvalue weighted by atomic mass is 10.1. The summed E-state index contributed by atoms with van der Waals surface area (Å²) in [4.78, 5) is 16.3. The minimum Gasteiger partial charge on any atom is -0.378 e. The Kier molecular flexibility index (Phi) is 6.18. The van der Waals surface area contributed by atoms with Crippen LogP contribution >= 0.6 is 11.6 Å². The second-order valence-electron chi connectivity index (χ2n) is 5.68. The van der Waals surface area contributed by atoms with Gasteiger partial charge in [0.15, 0.2) is 0 Å². The lowest BCUT2D eigenvalue weighted by Crippen LogP contribution is -2.14. The molecular formula is C19H17ClN2O3. The van der Waals surface area contributed by atoms with Gasteiger partial charge >= 0.3 is 6.09 Å². The molecule has 0 aliphatic carbocycles. The molecule has 2 aromatic carbocycles. The molecule has 0 fully saturated rings. The molecule has 2 aromatic rings. The van der Waals surface area contributed by atoms with Gasteiger partial charge in [0, 0.05) is 16.3 Å². The van der Waals surface area contributed by atoms with Crippen LogP contribution in [0.25, 0.3) is 0 Å². The van der Waals surface area contributed by atoms with E-state index >= 15 is 0 Å². The zero-order chi connectivity index (χ0) is 18.3. The average Bonchev–Trinajstić information content (AvgIpc) is 2.55. The summed E-state index contributed by atoms with van der Waals surface area (Å²) < 4.78 is 0. The zero-order valence-electron chi connectivity index (χ0n) is 13.8. The van der Waals surface area contributed by atoms with Gasteiger partial charge in [0.1, 0.15) is 5.60 Å². The molecule has 2 rings (SSSR count). The number of carbonyl (C=O) groups excluding carboxylic acids is 1. The Bertz CT molecular complexity index is 811. The number of carbonyl (C=O) groups is 1. The van der Waals surface area contributed by atoms with Crippen molar-refractivity contribution in [3.8, 4) is 11.8 Å². The smallest absolute Gasteiger partial charge is 0.378 e. The summed E-state index contributed by atoms with van der Waals surface area (Å²) in [7, 11) is 0. The van der Waals surface area contributed by atoms with E-state index in [2.05, 4.69) is 22.3 Å². The standard InChI is InChI=1S/C19H17ClN2O3/c1-19(2,24)12-11-14-3-5-15(6-4-14)13-21-25-18(23)22-17-9-7-16(20)8-10-17/h3-10,13,24H,1-2H3,(H,22,23). The molecule has 0 unspecified atom stereocenters. The van der Waals surface area contributed by atoms with Gasteiger partial charge in [0.25, 0.3) is 0 Å². The van der Waals surface area contributed by atoms with E-state index in [9.17, 15) is 9.90 Å². The quantitative estimate of drug-likeness (QED) is 0.377. The molecule has 0 heterocycles. The van der Waals surface area contributed by atoms with Gasteiger partial charge in [-0.1, -0.05) is 40.7 Å². The molecule has 128 valence electrons. The van der Waals surface area contributed by atoms with Crippen molar-refractivity contribution < 1.29 is 14.7 Å². The second kappa shape index (κ2) is 8.34. The van der Waals surface area contributed by atoms with Crippen LogP contribution in [0.2, 0.25) is 5.02 Å². The number of oxime groups is 1. The van der Waals surface area contributed by atoms with Crippen LogP contribution in [0.15, 0.2) is 53.7 Å². The summed E-state index contributed by atoms with van der Waals surface area (Å²) in [5, 5.41) is 16.3. The molecule has 0 saturated heterocycles. The molecule has 0 aliphatic rings. The summed E-state index contributed by atoms with van der Waals surface area (Å²) >= 11 is 5.76. The lowest BCUT2D eigenvalue weighted by Gasteiger charge is -2.05. The summed E-state index contributed by atoms with van der Waals surface area (Å²) in [5.41, 5.74) is 1.03. The highest BCUT2D eigenvalue weighted by atomic mass is 35.5. The predicted molar refractivity (Wildman–Crippen MR) is 98.8 cm³/mol. The summed E-state index contributed by atoms with van der Waals surface area (Å²) in [6.45, 7) is 3.24. The Balaban J connectivity index is 1.87. The lowest BCUT2D eigenvalue weighted by molar-refractivity contribution is 0.143. The molecule has 2 N–H and O–H groups in total. The molecule has 0 atom stereocenters. The molecular weight excluding hydrogens is 340 g/mol. The number of nitrogens with one attached hydrogen (secondary N) is 1. The minimum atomic E-state index is -1.04. The van der Waals surface area contributed by atoms with Gasteiger partial charge in [-0.05, 0) is 55.8 Å². The number of anilines is 1. The third kappa shape index (κ3) is 7.08. The highest BCUT2D eigenvalue weighted by molar-refractivity contribution is 6.30. The van der Waals surface area contributed by atoms with Crippen LogP contribution in [0.1, 0.15) is 25.0 Å². The maximum absolute atomic E-state index is 11.6. The third-order valence-electron chi connectivity index (χ3n) is 2.85. The molecule has 0 bridgehead atoms. The summed E-state index contributed by atoms with van der Waals surface area (Å²) in [5.74, 6) is 5.60. The number of amides is 1. The van der Waals surface area contributed by atoms with Crippen molar-refractivity contribution in [2.24, 2.45) is 5.16 Å². The first kappa shape index (κ1) is 18.5. The van der Waals surface area contributed by atoms with Crippen molar-refractivity contribution in [1.29, 1.82) is 0 Å². The maximum Gasteiger partial charge on any atom is 0.437 e. The highest BCUT2D eigenvalue weighted by Crippen LogP contribution is 2.13. The van der Waals surface area contributed by atoms with E-state index in [1.807, 2.05) is 0 Å². The molecule has 0 radical (unpaired) electrons. The molecule has 1 amide bonds. The van der Waals surface area contributed by atoms with Crippen LogP contribution in [-0.2, 0) is 4.84 Å². The predicted octanol–water partition coefficient (Wildman–Crippen LogP) is 4.05. The molecule has 25 heavy (non-hydrogen) atoms. The van der Waals surface area contributed by atoms with Gasteiger partial charge in [-0.2, -0.15) is 0 Å². The Labute approximate surface area is 151 Å². The SMILES string of the molecule is CC(C)(O)C#Cc1ccc(C=NOC(=O)Nc2ccc(Cl)cc2)cc1. The average molecular weight is 357 g/mol. The van der Waals surface area contributed by atoms with E-state index in [-0.39, 0.29) is 0 Å². The highest BCUT2D eigenvalue weighted by Gasteiger charge is 2.05. The van der Waals surface area contributed by atoms with Crippen molar-refractivity contribution in [1.82, 2.24) is 0 Å². The first-order valence-electron chi connectivity index (χ1n) is 7.44. The summed E-state index contributed by atoms with van der Waals surface area (Å²) in [6.07, 6.45) is 0.709. The molecule has 0 spiro atoms. The fraction of sp³-hybridized carbons (Fsp3) is 0.158. The van der Waals surface area contributed by atoms with Crippen LogP contribution in [0, 0.1) is 11.8 Å². The van der Waals surface area contributed by atoms with E-state index in [1.165, 1.54) is 6.21 Å². The maximum atomic E-state index is 11.6. The van der Waals surface area contributed by atoms with E-state index in [0.717, 1.165) is 11.1 Å². The minimum absolute atomic E-state index is 0.555. The van der Waals surface area contributed by atoms with E-state index in [4.69, 9.17) is 16.4 Å². The van der Waals surface area contributed by atoms with Gasteiger partial charge in [0.2, 0.25) is 0 Å². The Morgan fingerprint density at radius 3 is 2.44 bits per heavy atom. The Morgan fingerprint density at radius 1 is 1.20 bits per heavy atom. The summed E-state index contributed by atoms with van der Waals surface area (Å²) in [6, 6.07) is 13.7. The number of hydrogen-bond donors (Lipinski definition) is 2. The van der Waals surface area contributed by atoms with Gasteiger partial charge in [-0.15, -0.1) is 0 Å². The van der Waals surface area contributed by atoms with Crippen LogP contribution in [0.5, 0.6) is 0 Å². The van der Waals surface area contributed by atoms with Crippen molar-refractivity contribution in [2.45, 2.75) is 19.4 Å². The van der Waals surface area contributed by atoms with Gasteiger partial charge < -0.3 is 5.11 Å². The van der Waals surface area contributed by atoms with E-state index in [1.54, 1.807) is 62.4 Å². The fourth-order valence-corrected chi connectivity index (χ4v) is 1.81. The van der Waals surface area contributed by atoms with Gasteiger partial charge in [0.05, 0.1) is 6.21 Å². The first-order chi connectivity index (χ1) is 11.8. The zero-order valence-corrected chi connectivity index (χ0v) is 14.5. The van der Waals surface area contributed by atoms with Crippen LogP contribution in [0.3, 0.4) is 0 Å². The first-order valence-corrected chi connectivity index (χ1v) is 7.82. The largest absolute Gasteiger partial charge is 0.437 e. The van der Waals surface area contributed by atoms with Gasteiger partial charge in [-0.25, -0.2) is 4.79 Å². The normalized spacial score (nSPS) is 10.9. The number of hydrogen-bond acceptors (Lipinski definition) is 4. The fourth-order valence-electron chi connectivity index (χ4n) is 1.69. The third-order valence-corrected chi connectivity index (χ3v) is 3.10. The number of benzene rings is 2. The second-order valence-corrected chi connectivity index (χ2v) is 6.11. The molecule has 6 heteroatoms. The van der Waals surface area contributed by atoms with Crippen molar-refractivity contribution in [3.63, 3.8) is 0 Å². The molecule has 0 aliphatic heterocycles. The van der Waals surface area contributed by atoms with E-state index in [0.29, 0.717) is 10.7 Å². The van der Waals surface area contributed by atoms with Crippen LogP contribution in [-0.4, -0.2) is 23.0 Å². The Hall–Kier alpha value is -2.81. The monoisotopic (exact) mass is 356 g/mol. The van der Waals surface area contributed by atoms with Crippen LogP contribution in [0.4, 0.5) is 10.5 Å². The Morgan fingerprint density at radius 2 is 1.84 bits per heavy atom. The van der Waals surface area contributed by atoms with Gasteiger partial charge in [-0.3, -0.25) is 10.2 Å². The number of rotatable bonds is 3.